The average Bonchev–Trinajstić information content (AvgIpc) is 3.22. The van der Waals surface area contributed by atoms with Crippen molar-refractivity contribution in [3.8, 4) is 0 Å². The molecule has 0 radical (unpaired) electrons. The Morgan fingerprint density at radius 3 is 2.32 bits per heavy atom. The molecule has 0 bridgehead atoms. The SMILES string of the molecule is CC(C)(O)[C@@H]1CC[C@@](C)([C@H]2[C@@H](O)C[C@@]3(C)[C@@H]4C[C@H](OC(=O)C[C@H]5CCCN5)C5C(C)(C)C(F)(F)CC[C@@]56C[C@@]46CC[C@]23C)O1. The molecule has 12 atom stereocenters. The molecule has 2 spiro atoms. The smallest absolute Gasteiger partial charge is 0.307 e. The molecular formula is C36H57F2NO5. The lowest BCUT2D eigenvalue weighted by Crippen LogP contribution is -2.64. The molecule has 0 aromatic heterocycles. The molecule has 5 aliphatic carbocycles. The minimum atomic E-state index is -2.82. The third-order valence-electron chi connectivity index (χ3n) is 15.7. The van der Waals surface area contributed by atoms with Gasteiger partial charge < -0.3 is 25.0 Å². The number of rotatable bonds is 5. The quantitative estimate of drug-likeness (QED) is 0.308. The second kappa shape index (κ2) is 9.41. The maximum Gasteiger partial charge on any atom is 0.307 e. The van der Waals surface area contributed by atoms with Crippen LogP contribution in [0.1, 0.15) is 126 Å². The number of ether oxygens (including phenoxy) is 2. The zero-order valence-corrected chi connectivity index (χ0v) is 28.1. The van der Waals surface area contributed by atoms with Gasteiger partial charge in [-0.15, -0.1) is 0 Å². The van der Waals surface area contributed by atoms with E-state index in [0.717, 1.165) is 51.5 Å². The van der Waals surface area contributed by atoms with Gasteiger partial charge in [0.15, 0.2) is 0 Å². The second-order valence-electron chi connectivity index (χ2n) is 18.4. The van der Waals surface area contributed by atoms with Crippen LogP contribution in [0.3, 0.4) is 0 Å². The first-order valence-electron chi connectivity index (χ1n) is 17.7. The Morgan fingerprint density at radius 2 is 1.68 bits per heavy atom. The van der Waals surface area contributed by atoms with Crippen LogP contribution in [-0.2, 0) is 14.3 Å². The van der Waals surface area contributed by atoms with Crippen LogP contribution in [-0.4, -0.2) is 64.2 Å². The van der Waals surface area contributed by atoms with E-state index in [0.29, 0.717) is 19.3 Å². The molecular weight excluding hydrogens is 564 g/mol. The van der Waals surface area contributed by atoms with Crippen molar-refractivity contribution in [1.82, 2.24) is 5.32 Å². The fourth-order valence-corrected chi connectivity index (χ4v) is 13.5. The molecule has 44 heavy (non-hydrogen) atoms. The predicted molar refractivity (Wildman–Crippen MR) is 163 cm³/mol. The fourth-order valence-electron chi connectivity index (χ4n) is 13.5. The highest BCUT2D eigenvalue weighted by atomic mass is 19.3. The van der Waals surface area contributed by atoms with Crippen molar-refractivity contribution < 1.29 is 33.3 Å². The van der Waals surface area contributed by atoms with Crippen molar-refractivity contribution in [2.45, 2.75) is 167 Å². The number of carbonyl (C=O) groups is 1. The fraction of sp³-hybridized carbons (Fsp3) is 0.972. The molecule has 5 saturated carbocycles. The summed E-state index contributed by atoms with van der Waals surface area (Å²) in [7, 11) is 0. The van der Waals surface area contributed by atoms with Crippen LogP contribution in [0, 0.1) is 44.8 Å². The van der Waals surface area contributed by atoms with Crippen LogP contribution in [0.25, 0.3) is 0 Å². The number of alkyl halides is 2. The number of nitrogens with one attached hydrogen (secondary N) is 1. The van der Waals surface area contributed by atoms with Crippen molar-refractivity contribution in [2.24, 2.45) is 44.8 Å². The van der Waals surface area contributed by atoms with Gasteiger partial charge in [0.05, 0.1) is 29.8 Å². The molecule has 250 valence electrons. The van der Waals surface area contributed by atoms with E-state index in [4.69, 9.17) is 9.47 Å². The number of aliphatic hydroxyl groups excluding tert-OH is 1. The van der Waals surface area contributed by atoms with Crippen molar-refractivity contribution in [3.63, 3.8) is 0 Å². The molecule has 0 amide bonds. The number of hydrogen-bond acceptors (Lipinski definition) is 6. The molecule has 7 fully saturated rings. The van der Waals surface area contributed by atoms with E-state index in [-0.39, 0.29) is 70.4 Å². The average molecular weight is 622 g/mol. The summed E-state index contributed by atoms with van der Waals surface area (Å²) < 4.78 is 44.7. The van der Waals surface area contributed by atoms with Gasteiger partial charge in [-0.05, 0) is 119 Å². The number of esters is 1. The Kier molecular flexibility index (Phi) is 6.79. The van der Waals surface area contributed by atoms with Crippen LogP contribution in [0.5, 0.6) is 0 Å². The van der Waals surface area contributed by atoms with Crippen molar-refractivity contribution >= 4 is 5.97 Å². The first kappa shape index (κ1) is 31.8. The third kappa shape index (κ3) is 3.98. The lowest BCUT2D eigenvalue weighted by molar-refractivity contribution is -0.252. The summed E-state index contributed by atoms with van der Waals surface area (Å²) in [5, 5.41) is 26.2. The Labute approximate surface area is 262 Å². The summed E-state index contributed by atoms with van der Waals surface area (Å²) in [4.78, 5) is 13.5. The first-order chi connectivity index (χ1) is 20.3. The van der Waals surface area contributed by atoms with E-state index in [1.807, 2.05) is 0 Å². The maximum atomic E-state index is 15.8. The van der Waals surface area contributed by atoms with Crippen molar-refractivity contribution in [3.05, 3.63) is 0 Å². The van der Waals surface area contributed by atoms with Crippen molar-refractivity contribution in [1.29, 1.82) is 0 Å². The minimum absolute atomic E-state index is 0.0582. The van der Waals surface area contributed by atoms with E-state index in [1.165, 1.54) is 0 Å². The maximum absolute atomic E-state index is 15.8. The standard InChI is InChI=1S/C36H57F2NO5/c1-29(2)28-23(43-26(41)17-21-9-8-16-39-21)18-24-32(6)19-22(40)27(33(7)11-10-25(44-33)30(3,4)42)31(32,5)12-13-34(24)20-35(28,34)14-15-36(29,37)38/h21-25,27-28,39-40,42H,8-20H2,1-7H3/t21-,22+,23+,24+,25+,27+,28?,31-,32+,33+,34+,35-/m1/s1. The first-order valence-corrected chi connectivity index (χ1v) is 17.7. The predicted octanol–water partition coefficient (Wildman–Crippen LogP) is 6.40. The van der Waals surface area contributed by atoms with Crippen LogP contribution in [0.2, 0.25) is 0 Å². The molecule has 1 unspecified atom stereocenters. The van der Waals surface area contributed by atoms with E-state index in [1.54, 1.807) is 27.7 Å². The van der Waals surface area contributed by atoms with Crippen LogP contribution < -0.4 is 5.32 Å². The molecule has 8 heteroatoms. The number of aliphatic hydroxyl groups is 2. The zero-order chi connectivity index (χ0) is 31.9. The van der Waals surface area contributed by atoms with Gasteiger partial charge in [-0.1, -0.05) is 27.7 Å². The molecule has 2 heterocycles. The summed E-state index contributed by atoms with van der Waals surface area (Å²) in [6.07, 6.45) is 6.83. The topological polar surface area (TPSA) is 88.0 Å². The summed E-state index contributed by atoms with van der Waals surface area (Å²) in [5.41, 5.74) is -3.60. The molecule has 0 aromatic carbocycles. The highest BCUT2D eigenvalue weighted by Crippen LogP contribution is 2.90. The van der Waals surface area contributed by atoms with E-state index in [9.17, 15) is 15.0 Å². The number of halogens is 2. The highest BCUT2D eigenvalue weighted by Gasteiger charge is 2.86. The minimum Gasteiger partial charge on any atom is -0.462 e. The Hall–Kier alpha value is -0.830. The van der Waals surface area contributed by atoms with Gasteiger partial charge in [0, 0.05) is 29.7 Å². The van der Waals surface area contributed by atoms with Gasteiger partial charge in [0.1, 0.15) is 6.10 Å². The number of hydrogen-bond donors (Lipinski definition) is 3. The molecule has 2 saturated heterocycles. The van der Waals surface area contributed by atoms with Gasteiger partial charge in [0.25, 0.3) is 5.92 Å². The van der Waals surface area contributed by atoms with Crippen LogP contribution in [0.15, 0.2) is 0 Å². The molecule has 7 aliphatic rings. The molecule has 7 rings (SSSR count). The highest BCUT2D eigenvalue weighted by molar-refractivity contribution is 5.70. The summed E-state index contributed by atoms with van der Waals surface area (Å²) in [6, 6.07) is 0.0991. The molecule has 3 N–H and O–H groups in total. The third-order valence-corrected chi connectivity index (χ3v) is 15.7. The van der Waals surface area contributed by atoms with Gasteiger partial charge in [-0.3, -0.25) is 4.79 Å². The van der Waals surface area contributed by atoms with Gasteiger partial charge in [-0.2, -0.15) is 0 Å². The largest absolute Gasteiger partial charge is 0.462 e. The normalized spacial score (nSPS) is 53.8. The summed E-state index contributed by atoms with van der Waals surface area (Å²) in [5.74, 6) is -3.39. The number of fused-ring (bicyclic) bond motifs is 2. The summed E-state index contributed by atoms with van der Waals surface area (Å²) >= 11 is 0. The van der Waals surface area contributed by atoms with Crippen LogP contribution in [0.4, 0.5) is 8.78 Å². The Bertz CT molecular complexity index is 1200. The Morgan fingerprint density at radius 1 is 0.977 bits per heavy atom. The second-order valence-corrected chi connectivity index (χ2v) is 18.4. The molecule has 6 nitrogen and oxygen atoms in total. The number of carbonyl (C=O) groups excluding carboxylic acids is 1. The van der Waals surface area contributed by atoms with Gasteiger partial charge >= 0.3 is 5.97 Å². The van der Waals surface area contributed by atoms with Crippen molar-refractivity contribution in [2.75, 3.05) is 6.54 Å². The lowest BCUT2D eigenvalue weighted by atomic mass is 9.41. The molecule has 0 aromatic rings. The van der Waals surface area contributed by atoms with E-state index >= 15 is 8.78 Å². The Balaban J connectivity index is 1.24. The zero-order valence-electron chi connectivity index (χ0n) is 28.1. The van der Waals surface area contributed by atoms with Gasteiger partial charge in [0.2, 0.25) is 0 Å². The van der Waals surface area contributed by atoms with Gasteiger partial charge in [-0.25, -0.2) is 8.78 Å². The molecule has 2 aliphatic heterocycles. The van der Waals surface area contributed by atoms with E-state index in [2.05, 4.69) is 26.1 Å². The van der Waals surface area contributed by atoms with E-state index < -0.39 is 34.7 Å². The lowest BCUT2D eigenvalue weighted by Gasteiger charge is -2.65. The monoisotopic (exact) mass is 621 g/mol. The van der Waals surface area contributed by atoms with Crippen LogP contribution >= 0.6 is 0 Å². The summed E-state index contributed by atoms with van der Waals surface area (Å²) in [6.45, 7) is 14.8.